The van der Waals surface area contributed by atoms with E-state index in [9.17, 15) is 9.18 Å². The largest absolute Gasteiger partial charge is 0.366 e. The number of benzene rings is 2. The summed E-state index contributed by atoms with van der Waals surface area (Å²) in [5.41, 5.74) is 3.82. The van der Waals surface area contributed by atoms with E-state index in [2.05, 4.69) is 34.7 Å². The molecule has 0 saturated heterocycles. The standard InChI is InChI=1S/C21H20FN3O/c1-15-4-2-3-5-17(15)13-23-20-11-10-19(14-24-20)25-21(26)12-16-6-8-18(22)9-7-16/h2-11,14H,12-13H2,1H3,(H,23,24)(H,25,26). The molecule has 1 heterocycles. The maximum absolute atomic E-state index is 12.9. The molecule has 2 N–H and O–H groups in total. The quantitative estimate of drug-likeness (QED) is 0.697. The summed E-state index contributed by atoms with van der Waals surface area (Å²) in [5, 5.41) is 6.06. The maximum atomic E-state index is 12.9. The van der Waals surface area contributed by atoms with Gasteiger partial charge in [0.2, 0.25) is 5.91 Å². The van der Waals surface area contributed by atoms with Crippen LogP contribution in [0.3, 0.4) is 0 Å². The van der Waals surface area contributed by atoms with Gasteiger partial charge in [-0.15, -0.1) is 0 Å². The number of carbonyl (C=O) groups excluding carboxylic acids is 1. The third kappa shape index (κ3) is 4.89. The molecule has 0 fully saturated rings. The number of amides is 1. The van der Waals surface area contributed by atoms with Crippen molar-refractivity contribution < 1.29 is 9.18 Å². The van der Waals surface area contributed by atoms with Gasteiger partial charge < -0.3 is 10.6 Å². The van der Waals surface area contributed by atoms with Gasteiger partial charge in [0.05, 0.1) is 18.3 Å². The fraction of sp³-hybridized carbons (Fsp3) is 0.143. The second-order valence-electron chi connectivity index (χ2n) is 6.06. The normalized spacial score (nSPS) is 10.4. The number of hydrogen-bond donors (Lipinski definition) is 2. The lowest BCUT2D eigenvalue weighted by molar-refractivity contribution is -0.115. The van der Waals surface area contributed by atoms with Crippen molar-refractivity contribution >= 4 is 17.4 Å². The topological polar surface area (TPSA) is 54.0 Å². The highest BCUT2D eigenvalue weighted by atomic mass is 19.1. The van der Waals surface area contributed by atoms with Crippen molar-refractivity contribution in [3.05, 3.63) is 89.4 Å². The van der Waals surface area contributed by atoms with E-state index in [4.69, 9.17) is 0 Å². The first-order valence-corrected chi connectivity index (χ1v) is 8.39. The number of pyridine rings is 1. The second kappa shape index (κ2) is 8.25. The molecule has 0 unspecified atom stereocenters. The fourth-order valence-corrected chi connectivity index (χ4v) is 2.56. The van der Waals surface area contributed by atoms with E-state index in [-0.39, 0.29) is 18.1 Å². The Bertz CT molecular complexity index is 877. The Kier molecular flexibility index (Phi) is 5.59. The summed E-state index contributed by atoms with van der Waals surface area (Å²) < 4.78 is 12.9. The van der Waals surface area contributed by atoms with Crippen LogP contribution in [0, 0.1) is 12.7 Å². The van der Waals surface area contributed by atoms with E-state index in [0.29, 0.717) is 12.2 Å². The SMILES string of the molecule is Cc1ccccc1CNc1ccc(NC(=O)Cc2ccc(F)cc2)cn1. The minimum Gasteiger partial charge on any atom is -0.366 e. The van der Waals surface area contributed by atoms with Gasteiger partial charge in [0, 0.05) is 6.54 Å². The van der Waals surface area contributed by atoms with Gasteiger partial charge in [-0.1, -0.05) is 36.4 Å². The molecular formula is C21H20FN3O. The zero-order valence-corrected chi connectivity index (χ0v) is 14.5. The summed E-state index contributed by atoms with van der Waals surface area (Å²) in [7, 11) is 0. The van der Waals surface area contributed by atoms with E-state index in [1.54, 1.807) is 24.4 Å². The van der Waals surface area contributed by atoms with Crippen LogP contribution in [0.15, 0.2) is 66.9 Å². The van der Waals surface area contributed by atoms with Crippen molar-refractivity contribution in [2.75, 3.05) is 10.6 Å². The minimum absolute atomic E-state index is 0.168. The molecule has 0 aliphatic rings. The van der Waals surface area contributed by atoms with E-state index >= 15 is 0 Å². The maximum Gasteiger partial charge on any atom is 0.228 e. The van der Waals surface area contributed by atoms with Crippen molar-refractivity contribution in [3.8, 4) is 0 Å². The lowest BCUT2D eigenvalue weighted by atomic mass is 10.1. The van der Waals surface area contributed by atoms with Gasteiger partial charge in [-0.2, -0.15) is 0 Å². The molecule has 0 atom stereocenters. The molecule has 1 amide bonds. The smallest absolute Gasteiger partial charge is 0.228 e. The van der Waals surface area contributed by atoms with Crippen LogP contribution in [-0.2, 0) is 17.8 Å². The van der Waals surface area contributed by atoms with Crippen LogP contribution in [0.5, 0.6) is 0 Å². The van der Waals surface area contributed by atoms with Crippen molar-refractivity contribution in [1.82, 2.24) is 4.98 Å². The third-order valence-corrected chi connectivity index (χ3v) is 4.05. The molecular weight excluding hydrogens is 329 g/mol. The Morgan fingerprint density at radius 1 is 1.04 bits per heavy atom. The lowest BCUT2D eigenvalue weighted by Crippen LogP contribution is -2.14. The number of carbonyl (C=O) groups is 1. The van der Waals surface area contributed by atoms with Crippen LogP contribution in [0.1, 0.15) is 16.7 Å². The fourth-order valence-electron chi connectivity index (χ4n) is 2.56. The Balaban J connectivity index is 1.53. The summed E-state index contributed by atoms with van der Waals surface area (Å²) in [4.78, 5) is 16.4. The molecule has 26 heavy (non-hydrogen) atoms. The van der Waals surface area contributed by atoms with Gasteiger partial charge in [0.15, 0.2) is 0 Å². The van der Waals surface area contributed by atoms with Crippen LogP contribution in [0.25, 0.3) is 0 Å². The average Bonchev–Trinajstić information content (AvgIpc) is 2.64. The van der Waals surface area contributed by atoms with Crippen LogP contribution >= 0.6 is 0 Å². The summed E-state index contributed by atoms with van der Waals surface area (Å²) in [6.07, 6.45) is 1.80. The van der Waals surface area contributed by atoms with Crippen LogP contribution in [-0.4, -0.2) is 10.9 Å². The highest BCUT2D eigenvalue weighted by Crippen LogP contribution is 2.13. The Hall–Kier alpha value is -3.21. The molecule has 1 aromatic heterocycles. The molecule has 0 saturated carbocycles. The van der Waals surface area contributed by atoms with Crippen molar-refractivity contribution in [2.45, 2.75) is 19.9 Å². The lowest BCUT2D eigenvalue weighted by Gasteiger charge is -2.09. The number of hydrogen-bond acceptors (Lipinski definition) is 3. The summed E-state index contributed by atoms with van der Waals surface area (Å²) in [6, 6.07) is 17.7. The monoisotopic (exact) mass is 349 g/mol. The van der Waals surface area contributed by atoms with Crippen molar-refractivity contribution in [1.29, 1.82) is 0 Å². The number of rotatable bonds is 6. The van der Waals surface area contributed by atoms with Crippen molar-refractivity contribution in [2.24, 2.45) is 0 Å². The number of nitrogens with zero attached hydrogens (tertiary/aromatic N) is 1. The van der Waals surface area contributed by atoms with Gasteiger partial charge in [-0.25, -0.2) is 9.37 Å². The molecule has 132 valence electrons. The van der Waals surface area contributed by atoms with Gasteiger partial charge in [0.1, 0.15) is 11.6 Å². The summed E-state index contributed by atoms with van der Waals surface area (Å²) in [5.74, 6) is 0.260. The zero-order chi connectivity index (χ0) is 18.4. The number of nitrogens with one attached hydrogen (secondary N) is 2. The van der Waals surface area contributed by atoms with E-state index in [1.165, 1.54) is 23.3 Å². The third-order valence-electron chi connectivity index (χ3n) is 4.05. The van der Waals surface area contributed by atoms with E-state index in [0.717, 1.165) is 11.4 Å². The molecule has 4 nitrogen and oxygen atoms in total. The molecule has 5 heteroatoms. The number of anilines is 2. The van der Waals surface area contributed by atoms with Gasteiger partial charge in [0.25, 0.3) is 0 Å². The zero-order valence-electron chi connectivity index (χ0n) is 14.5. The summed E-state index contributed by atoms with van der Waals surface area (Å²) in [6.45, 7) is 2.76. The predicted molar refractivity (Wildman–Crippen MR) is 101 cm³/mol. The van der Waals surface area contributed by atoms with Crippen molar-refractivity contribution in [3.63, 3.8) is 0 Å². The molecule has 2 aromatic carbocycles. The average molecular weight is 349 g/mol. The predicted octanol–water partition coefficient (Wildman–Crippen LogP) is 4.32. The first kappa shape index (κ1) is 17.6. The molecule has 0 aliphatic heterocycles. The highest BCUT2D eigenvalue weighted by molar-refractivity contribution is 5.92. The summed E-state index contributed by atoms with van der Waals surface area (Å²) >= 11 is 0. The molecule has 3 rings (SSSR count). The Morgan fingerprint density at radius 2 is 1.81 bits per heavy atom. The van der Waals surface area contributed by atoms with Crippen LogP contribution in [0.4, 0.5) is 15.9 Å². The molecule has 3 aromatic rings. The molecule has 0 spiro atoms. The second-order valence-corrected chi connectivity index (χ2v) is 6.06. The van der Waals surface area contributed by atoms with E-state index < -0.39 is 0 Å². The Morgan fingerprint density at radius 3 is 2.50 bits per heavy atom. The minimum atomic E-state index is -0.313. The Labute approximate surface area is 152 Å². The van der Waals surface area contributed by atoms with E-state index in [1.807, 2.05) is 18.2 Å². The number of halogens is 1. The first-order chi connectivity index (χ1) is 12.6. The highest BCUT2D eigenvalue weighted by Gasteiger charge is 2.05. The molecule has 0 radical (unpaired) electrons. The number of aryl methyl sites for hydroxylation is 1. The van der Waals surface area contributed by atoms with Crippen LogP contribution < -0.4 is 10.6 Å². The van der Waals surface area contributed by atoms with Gasteiger partial charge in [-0.05, 0) is 47.9 Å². The molecule has 0 aliphatic carbocycles. The van der Waals surface area contributed by atoms with Gasteiger partial charge in [-0.3, -0.25) is 4.79 Å². The number of aromatic nitrogens is 1. The van der Waals surface area contributed by atoms with Crippen LogP contribution in [0.2, 0.25) is 0 Å². The first-order valence-electron chi connectivity index (χ1n) is 8.39. The molecule has 0 bridgehead atoms. The van der Waals surface area contributed by atoms with Gasteiger partial charge >= 0.3 is 0 Å².